The molecule has 1 saturated heterocycles. The van der Waals surface area contributed by atoms with Gasteiger partial charge < -0.3 is 19.9 Å². The molecule has 4 rings (SSSR count). The molecule has 3 aromatic rings. The molecule has 1 heterocycles. The molecule has 1 aliphatic heterocycles. The Kier molecular flexibility index (Phi) is 9.28. The van der Waals surface area contributed by atoms with Gasteiger partial charge in [0.1, 0.15) is 10.6 Å². The predicted molar refractivity (Wildman–Crippen MR) is 162 cm³/mol. The molecule has 1 atom stereocenters. The third kappa shape index (κ3) is 6.71. The number of carbonyl (C=O) groups is 1. The largest absolute Gasteiger partial charge is 0.495 e. The van der Waals surface area contributed by atoms with Gasteiger partial charge >= 0.3 is 0 Å². The Morgan fingerprint density at radius 1 is 0.950 bits per heavy atom. The molecule has 1 aliphatic rings. The number of halogens is 1. The highest BCUT2D eigenvalue weighted by Gasteiger charge is 2.30. The van der Waals surface area contributed by atoms with Crippen LogP contribution in [0.4, 0.5) is 17.1 Å². The van der Waals surface area contributed by atoms with Crippen molar-refractivity contribution in [3.63, 3.8) is 0 Å². The minimum atomic E-state index is -3.97. The van der Waals surface area contributed by atoms with E-state index in [1.807, 2.05) is 61.5 Å². The smallest absolute Gasteiger partial charge is 0.243 e. The maximum atomic E-state index is 13.8. The molecule has 1 fully saturated rings. The summed E-state index contributed by atoms with van der Waals surface area (Å²) in [6.45, 7) is 7.90. The molecule has 10 heteroatoms. The molecule has 2 N–H and O–H groups in total. The zero-order chi connectivity index (χ0) is 28.9. The number of amides is 1. The molecule has 1 amide bonds. The molecule has 214 valence electrons. The van der Waals surface area contributed by atoms with Gasteiger partial charge in [-0.3, -0.25) is 4.79 Å². The van der Waals surface area contributed by atoms with Crippen LogP contribution in [-0.2, 0) is 14.8 Å². The molecule has 0 aromatic heterocycles. The minimum absolute atomic E-state index is 0.113. The number of benzene rings is 3. The van der Waals surface area contributed by atoms with Crippen LogP contribution in [-0.4, -0.2) is 53.5 Å². The van der Waals surface area contributed by atoms with Crippen molar-refractivity contribution in [2.24, 2.45) is 5.41 Å². The first-order valence-corrected chi connectivity index (χ1v) is 15.3. The van der Waals surface area contributed by atoms with Crippen LogP contribution in [0, 0.1) is 5.41 Å². The first kappa shape index (κ1) is 29.7. The number of rotatable bonds is 10. The van der Waals surface area contributed by atoms with Gasteiger partial charge in [0.15, 0.2) is 0 Å². The summed E-state index contributed by atoms with van der Waals surface area (Å²) < 4.78 is 36.0. The van der Waals surface area contributed by atoms with Gasteiger partial charge in [-0.1, -0.05) is 42.5 Å². The van der Waals surface area contributed by atoms with E-state index in [1.165, 1.54) is 6.07 Å². The number of methoxy groups -OCH3 is 1. The van der Waals surface area contributed by atoms with Crippen LogP contribution in [0.3, 0.4) is 0 Å². The van der Waals surface area contributed by atoms with E-state index in [9.17, 15) is 13.2 Å². The number of carbonyl (C=O) groups excluding carboxylic acids is 1. The third-order valence-electron chi connectivity index (χ3n) is 7.13. The van der Waals surface area contributed by atoms with Crippen molar-refractivity contribution < 1.29 is 17.9 Å². The lowest BCUT2D eigenvalue weighted by Gasteiger charge is -2.38. The van der Waals surface area contributed by atoms with Crippen LogP contribution >= 0.6 is 11.6 Å². The fraction of sp³-hybridized carbons (Fsp3) is 0.367. The average molecular weight is 585 g/mol. The monoisotopic (exact) mass is 584 g/mol. The van der Waals surface area contributed by atoms with E-state index in [-0.39, 0.29) is 16.7 Å². The second-order valence-corrected chi connectivity index (χ2v) is 12.5. The summed E-state index contributed by atoms with van der Waals surface area (Å²) in [5, 5.41) is 2.85. The van der Waals surface area contributed by atoms with E-state index in [0.29, 0.717) is 37.6 Å². The van der Waals surface area contributed by atoms with Crippen molar-refractivity contribution in [1.29, 1.82) is 0 Å². The molecular weight excluding hydrogens is 548 g/mol. The number of alkyl halides is 1. The van der Waals surface area contributed by atoms with Gasteiger partial charge in [-0.25, -0.2) is 13.1 Å². The summed E-state index contributed by atoms with van der Waals surface area (Å²) in [6, 6.07) is 21.9. The lowest BCUT2D eigenvalue weighted by molar-refractivity contribution is -0.122. The zero-order valence-corrected chi connectivity index (χ0v) is 24.9. The minimum Gasteiger partial charge on any atom is -0.495 e. The number of nitrogens with one attached hydrogen (secondary N) is 2. The van der Waals surface area contributed by atoms with Gasteiger partial charge in [0.05, 0.1) is 23.9 Å². The Balaban J connectivity index is 1.63. The summed E-state index contributed by atoms with van der Waals surface area (Å²) in [6.07, 6.45) is 0. The van der Waals surface area contributed by atoms with Crippen molar-refractivity contribution in [3.8, 4) is 5.75 Å². The van der Waals surface area contributed by atoms with E-state index >= 15 is 0 Å². The van der Waals surface area contributed by atoms with Crippen LogP contribution in [0.5, 0.6) is 5.75 Å². The highest BCUT2D eigenvalue weighted by atomic mass is 35.5. The zero-order valence-electron chi connectivity index (χ0n) is 23.4. The van der Waals surface area contributed by atoms with E-state index < -0.39 is 21.5 Å². The standard InChI is InChI=1S/C30H37ClN4O4S/c1-22(23-10-6-5-7-11-23)33-40(37,38)28-20-24(32-29(36)30(2,3)21-31)14-15-26(28)35-18-16-34(17-19-35)25-12-8-9-13-27(25)39-4/h5-15,20,22,33H,16-19,21H2,1-4H3,(H,32,36)/t22-/m1/s1. The maximum Gasteiger partial charge on any atom is 0.243 e. The van der Waals surface area contributed by atoms with Gasteiger partial charge in [-0.2, -0.15) is 0 Å². The Morgan fingerprint density at radius 2 is 1.55 bits per heavy atom. The van der Waals surface area contributed by atoms with Crippen molar-refractivity contribution in [2.75, 3.05) is 54.3 Å². The Morgan fingerprint density at radius 3 is 2.17 bits per heavy atom. The molecule has 8 nitrogen and oxygen atoms in total. The number of ether oxygens (including phenoxy) is 1. The van der Waals surface area contributed by atoms with Crippen molar-refractivity contribution in [2.45, 2.75) is 31.7 Å². The van der Waals surface area contributed by atoms with Gasteiger partial charge in [-0.15, -0.1) is 11.6 Å². The van der Waals surface area contributed by atoms with Crippen LogP contribution in [0.15, 0.2) is 77.7 Å². The Labute approximate surface area is 242 Å². The van der Waals surface area contributed by atoms with Crippen molar-refractivity contribution >= 4 is 44.6 Å². The number of sulfonamides is 1. The van der Waals surface area contributed by atoms with E-state index in [1.54, 1.807) is 33.1 Å². The van der Waals surface area contributed by atoms with Crippen LogP contribution < -0.4 is 24.6 Å². The average Bonchev–Trinajstić information content (AvgIpc) is 2.97. The quantitative estimate of drug-likeness (QED) is 0.316. The number of anilines is 3. The van der Waals surface area contributed by atoms with Gasteiger partial charge in [0.25, 0.3) is 0 Å². The highest BCUT2D eigenvalue weighted by Crippen LogP contribution is 2.33. The van der Waals surface area contributed by atoms with E-state index in [2.05, 4.69) is 19.8 Å². The Bertz CT molecular complexity index is 1420. The van der Waals surface area contributed by atoms with E-state index in [4.69, 9.17) is 16.3 Å². The van der Waals surface area contributed by atoms with Crippen molar-refractivity contribution in [1.82, 2.24) is 4.72 Å². The summed E-state index contributed by atoms with van der Waals surface area (Å²) in [4.78, 5) is 17.2. The van der Waals surface area contributed by atoms with Gasteiger partial charge in [0, 0.05) is 43.8 Å². The fourth-order valence-corrected chi connectivity index (χ4v) is 6.22. The summed E-state index contributed by atoms with van der Waals surface area (Å²) in [5.74, 6) is 0.655. The van der Waals surface area contributed by atoms with Crippen LogP contribution in [0.25, 0.3) is 0 Å². The summed E-state index contributed by atoms with van der Waals surface area (Å²) in [5.41, 5.74) is 2.03. The molecule has 0 radical (unpaired) electrons. The van der Waals surface area contributed by atoms with Crippen molar-refractivity contribution in [3.05, 3.63) is 78.4 Å². The first-order chi connectivity index (χ1) is 19.1. The lowest BCUT2D eigenvalue weighted by Crippen LogP contribution is -2.47. The first-order valence-electron chi connectivity index (χ1n) is 13.3. The van der Waals surface area contributed by atoms with Gasteiger partial charge in [0.2, 0.25) is 15.9 Å². The molecule has 40 heavy (non-hydrogen) atoms. The normalized spacial score (nSPS) is 15.0. The fourth-order valence-electron chi connectivity index (χ4n) is 4.61. The number of piperazine rings is 1. The molecule has 3 aromatic carbocycles. The van der Waals surface area contributed by atoms with Crippen LogP contribution in [0.2, 0.25) is 0 Å². The van der Waals surface area contributed by atoms with E-state index in [0.717, 1.165) is 17.0 Å². The number of hydrogen-bond acceptors (Lipinski definition) is 6. The second-order valence-electron chi connectivity index (χ2n) is 10.6. The second kappa shape index (κ2) is 12.5. The summed E-state index contributed by atoms with van der Waals surface area (Å²) in [7, 11) is -2.31. The molecule has 0 spiro atoms. The highest BCUT2D eigenvalue weighted by molar-refractivity contribution is 7.89. The maximum absolute atomic E-state index is 13.8. The van der Waals surface area contributed by atoms with Crippen LogP contribution in [0.1, 0.15) is 32.4 Å². The van der Waals surface area contributed by atoms with Gasteiger partial charge in [-0.05, 0) is 56.7 Å². The predicted octanol–water partition coefficient (Wildman–Crippen LogP) is 5.26. The molecule has 0 aliphatic carbocycles. The summed E-state index contributed by atoms with van der Waals surface area (Å²) >= 11 is 5.99. The SMILES string of the molecule is COc1ccccc1N1CCN(c2ccc(NC(=O)C(C)(C)CCl)cc2S(=O)(=O)N[C@H](C)c2ccccc2)CC1. The lowest BCUT2D eigenvalue weighted by atomic mass is 9.95. The number of hydrogen-bond donors (Lipinski definition) is 2. The number of para-hydroxylation sites is 2. The Hall–Kier alpha value is -3.27. The topological polar surface area (TPSA) is 91.0 Å². The molecular formula is C30H37ClN4O4S. The molecule has 0 unspecified atom stereocenters. The number of nitrogens with zero attached hydrogens (tertiary/aromatic N) is 2. The molecule has 0 saturated carbocycles. The third-order valence-corrected chi connectivity index (χ3v) is 9.37. The molecule has 0 bridgehead atoms.